The fourth-order valence-electron chi connectivity index (χ4n) is 1.61. The number of benzene rings is 1. The maximum absolute atomic E-state index is 10.7. The molecule has 1 aromatic rings. The minimum Gasteiger partial charge on any atom is -0.386 e. The minimum absolute atomic E-state index is 0.169. The first-order valence-corrected chi connectivity index (χ1v) is 5.63. The predicted molar refractivity (Wildman–Crippen MR) is 70.6 cm³/mol. The van der Waals surface area contributed by atoms with Crippen LogP contribution in [0.25, 0.3) is 0 Å². The van der Waals surface area contributed by atoms with Crippen LogP contribution in [0.1, 0.15) is 19.4 Å². The van der Waals surface area contributed by atoms with Crippen molar-refractivity contribution in [2.45, 2.75) is 25.0 Å². The molecule has 3 heteroatoms. The van der Waals surface area contributed by atoms with Crippen molar-refractivity contribution in [3.8, 4) is 11.8 Å². The van der Waals surface area contributed by atoms with Crippen molar-refractivity contribution >= 4 is 0 Å². The van der Waals surface area contributed by atoms with Gasteiger partial charge >= 0.3 is 0 Å². The summed E-state index contributed by atoms with van der Waals surface area (Å²) in [5, 5.41) is 29.5. The van der Waals surface area contributed by atoms with Gasteiger partial charge in [0.25, 0.3) is 0 Å². The van der Waals surface area contributed by atoms with Gasteiger partial charge in [0, 0.05) is 11.1 Å². The molecule has 0 saturated carbocycles. The quantitative estimate of drug-likeness (QED) is 0.555. The van der Waals surface area contributed by atoms with Gasteiger partial charge in [-0.1, -0.05) is 48.8 Å². The highest BCUT2D eigenvalue weighted by molar-refractivity contribution is 5.44. The van der Waals surface area contributed by atoms with Gasteiger partial charge in [-0.05, 0) is 13.8 Å². The van der Waals surface area contributed by atoms with Crippen molar-refractivity contribution in [2.75, 3.05) is 6.61 Å². The molecule has 96 valence electrons. The van der Waals surface area contributed by atoms with Crippen LogP contribution in [0.3, 0.4) is 0 Å². The van der Waals surface area contributed by atoms with Crippen molar-refractivity contribution in [3.63, 3.8) is 0 Å². The predicted octanol–water partition coefficient (Wildman–Crippen LogP) is 1.20. The molecule has 18 heavy (non-hydrogen) atoms. The average molecular weight is 246 g/mol. The summed E-state index contributed by atoms with van der Waals surface area (Å²) in [5.74, 6) is 4.99. The highest BCUT2D eigenvalue weighted by Crippen LogP contribution is 2.34. The van der Waals surface area contributed by atoms with E-state index in [0.29, 0.717) is 5.56 Å². The Labute approximate surface area is 107 Å². The standard InChI is InChI=1S/C15H18O3/c1-12(14(2,3)17)15(18,10-7-11-16)13-8-5-4-6-9-13/h4-6,8-9,16-18H,1,11H2,2-3H3/t15-/m0/s1. The van der Waals surface area contributed by atoms with Crippen molar-refractivity contribution in [1.82, 2.24) is 0 Å². The normalized spacial score (nSPS) is 14.3. The van der Waals surface area contributed by atoms with E-state index in [1.165, 1.54) is 13.8 Å². The molecule has 3 nitrogen and oxygen atoms in total. The molecule has 0 aromatic heterocycles. The molecule has 3 N–H and O–H groups in total. The zero-order valence-corrected chi connectivity index (χ0v) is 10.6. The maximum atomic E-state index is 10.7. The lowest BCUT2D eigenvalue weighted by atomic mass is 9.79. The first-order valence-electron chi connectivity index (χ1n) is 5.63. The molecule has 0 aliphatic heterocycles. The Morgan fingerprint density at radius 3 is 2.22 bits per heavy atom. The molecule has 0 saturated heterocycles. The van der Waals surface area contributed by atoms with E-state index in [1.807, 2.05) is 6.07 Å². The molecule has 0 bridgehead atoms. The van der Waals surface area contributed by atoms with Gasteiger partial charge in [-0.15, -0.1) is 0 Å². The fourth-order valence-corrected chi connectivity index (χ4v) is 1.61. The third-order valence-electron chi connectivity index (χ3n) is 2.72. The summed E-state index contributed by atoms with van der Waals surface area (Å²) < 4.78 is 0. The minimum atomic E-state index is -1.68. The zero-order valence-electron chi connectivity index (χ0n) is 10.6. The van der Waals surface area contributed by atoms with Crippen LogP contribution in [-0.4, -0.2) is 27.5 Å². The van der Waals surface area contributed by atoms with Crippen molar-refractivity contribution in [1.29, 1.82) is 0 Å². The third kappa shape index (κ3) is 2.99. The summed E-state index contributed by atoms with van der Waals surface area (Å²) in [6.07, 6.45) is 0. The van der Waals surface area contributed by atoms with E-state index in [4.69, 9.17) is 5.11 Å². The number of hydrogen-bond acceptors (Lipinski definition) is 3. The highest BCUT2D eigenvalue weighted by Gasteiger charge is 2.38. The monoisotopic (exact) mass is 246 g/mol. The van der Waals surface area contributed by atoms with Gasteiger partial charge in [0.2, 0.25) is 0 Å². The van der Waals surface area contributed by atoms with Gasteiger partial charge in [0.15, 0.2) is 5.60 Å². The number of aliphatic hydroxyl groups is 3. The van der Waals surface area contributed by atoms with Crippen molar-refractivity contribution in [2.24, 2.45) is 0 Å². The third-order valence-corrected chi connectivity index (χ3v) is 2.72. The lowest BCUT2D eigenvalue weighted by Gasteiger charge is -2.32. The molecule has 0 spiro atoms. The summed E-state index contributed by atoms with van der Waals surface area (Å²) in [6.45, 7) is 6.44. The molecule has 1 rings (SSSR count). The van der Waals surface area contributed by atoms with E-state index in [1.54, 1.807) is 24.3 Å². The van der Waals surface area contributed by atoms with Crippen LogP contribution in [0.4, 0.5) is 0 Å². The Balaban J connectivity index is 3.33. The number of rotatable bonds is 3. The van der Waals surface area contributed by atoms with Gasteiger partial charge < -0.3 is 15.3 Å². The van der Waals surface area contributed by atoms with E-state index in [0.717, 1.165) is 0 Å². The molecule has 0 amide bonds. The van der Waals surface area contributed by atoms with E-state index in [-0.39, 0.29) is 12.2 Å². The molecule has 0 aliphatic carbocycles. The van der Waals surface area contributed by atoms with E-state index >= 15 is 0 Å². The Morgan fingerprint density at radius 1 is 1.22 bits per heavy atom. The topological polar surface area (TPSA) is 60.7 Å². The Kier molecular flexibility index (Phi) is 4.31. The van der Waals surface area contributed by atoms with Crippen LogP contribution in [0.15, 0.2) is 42.5 Å². The van der Waals surface area contributed by atoms with Gasteiger partial charge in [0.1, 0.15) is 6.61 Å². The Hall–Kier alpha value is -1.60. The first-order chi connectivity index (χ1) is 8.32. The molecule has 1 atom stereocenters. The van der Waals surface area contributed by atoms with Gasteiger partial charge in [0.05, 0.1) is 5.60 Å². The Morgan fingerprint density at radius 2 is 1.78 bits per heavy atom. The van der Waals surface area contributed by atoms with Gasteiger partial charge in [-0.25, -0.2) is 0 Å². The van der Waals surface area contributed by atoms with Crippen LogP contribution >= 0.6 is 0 Å². The number of hydrogen-bond donors (Lipinski definition) is 3. The summed E-state index contributed by atoms with van der Waals surface area (Å²) in [6, 6.07) is 8.74. The molecule has 0 heterocycles. The molecule has 1 aromatic carbocycles. The number of aliphatic hydroxyl groups excluding tert-OH is 1. The average Bonchev–Trinajstić information content (AvgIpc) is 2.35. The second kappa shape index (κ2) is 5.36. The molecule has 0 aliphatic rings. The lowest BCUT2D eigenvalue weighted by Crippen LogP contribution is -2.37. The SMILES string of the molecule is C=C(C(C)(C)O)[C@@](O)(C#CCO)c1ccccc1. The molecule has 0 radical (unpaired) electrons. The van der Waals surface area contributed by atoms with Gasteiger partial charge in [-0.3, -0.25) is 0 Å². The smallest absolute Gasteiger partial charge is 0.175 e. The van der Waals surface area contributed by atoms with E-state index < -0.39 is 11.2 Å². The van der Waals surface area contributed by atoms with E-state index in [9.17, 15) is 10.2 Å². The summed E-state index contributed by atoms with van der Waals surface area (Å²) in [5.41, 5.74) is -2.28. The molecular weight excluding hydrogens is 228 g/mol. The van der Waals surface area contributed by atoms with Gasteiger partial charge in [-0.2, -0.15) is 0 Å². The lowest BCUT2D eigenvalue weighted by molar-refractivity contribution is 0.0515. The van der Waals surface area contributed by atoms with E-state index in [2.05, 4.69) is 18.4 Å². The second-order valence-corrected chi connectivity index (χ2v) is 4.57. The summed E-state index contributed by atoms with van der Waals surface area (Å²) in [7, 11) is 0. The van der Waals surface area contributed by atoms with Crippen LogP contribution in [0, 0.1) is 11.8 Å². The summed E-state index contributed by atoms with van der Waals surface area (Å²) >= 11 is 0. The molecular formula is C15H18O3. The van der Waals surface area contributed by atoms with Crippen LogP contribution in [-0.2, 0) is 5.60 Å². The second-order valence-electron chi connectivity index (χ2n) is 4.57. The highest BCUT2D eigenvalue weighted by atomic mass is 16.3. The van der Waals surface area contributed by atoms with Crippen molar-refractivity contribution in [3.05, 3.63) is 48.0 Å². The van der Waals surface area contributed by atoms with Crippen molar-refractivity contribution < 1.29 is 15.3 Å². The molecule has 0 fully saturated rings. The molecule has 0 unspecified atom stereocenters. The largest absolute Gasteiger partial charge is 0.386 e. The fraction of sp³-hybridized carbons (Fsp3) is 0.333. The first kappa shape index (κ1) is 14.5. The Bertz CT molecular complexity index is 474. The zero-order chi connectivity index (χ0) is 13.8. The maximum Gasteiger partial charge on any atom is 0.175 e. The van der Waals surface area contributed by atoms with Crippen LogP contribution < -0.4 is 0 Å². The van der Waals surface area contributed by atoms with Crippen LogP contribution in [0.5, 0.6) is 0 Å². The summed E-state index contributed by atoms with van der Waals surface area (Å²) in [4.78, 5) is 0. The van der Waals surface area contributed by atoms with Crippen LogP contribution in [0.2, 0.25) is 0 Å².